The van der Waals surface area contributed by atoms with E-state index in [1.165, 1.54) is 18.9 Å². The molecule has 1 aliphatic rings. The molecule has 1 N–H and O–H groups in total. The van der Waals surface area contributed by atoms with Crippen LogP contribution in [0.3, 0.4) is 0 Å². The summed E-state index contributed by atoms with van der Waals surface area (Å²) in [5.74, 6) is -0.922. The first kappa shape index (κ1) is 25.7. The maximum atomic E-state index is 13.6. The molecule has 1 unspecified atom stereocenters. The smallest absolute Gasteiger partial charge is 0.337 e. The molecule has 0 bridgehead atoms. The van der Waals surface area contributed by atoms with E-state index in [0.717, 1.165) is 13.0 Å². The molecule has 30 heavy (non-hydrogen) atoms. The molecule has 1 fully saturated rings. The zero-order valence-electron chi connectivity index (χ0n) is 17.2. The summed E-state index contributed by atoms with van der Waals surface area (Å²) in [6.07, 6.45) is -3.47. The third-order valence-electron chi connectivity index (χ3n) is 4.46. The molecule has 2 rings (SSSR count). The van der Waals surface area contributed by atoms with Crippen LogP contribution in [0.5, 0.6) is 0 Å². The van der Waals surface area contributed by atoms with Gasteiger partial charge in [0.2, 0.25) is 0 Å². The molecule has 0 aromatic heterocycles. The number of nitrogens with zero attached hydrogens (tertiary/aromatic N) is 3. The normalized spacial score (nSPS) is 17.2. The molecule has 1 amide bonds. The summed E-state index contributed by atoms with van der Waals surface area (Å²) in [6.45, 7) is 6.63. The number of thioether (sulfide) groups is 1. The lowest BCUT2D eigenvalue weighted by Gasteiger charge is -2.32. The van der Waals surface area contributed by atoms with E-state index < -0.39 is 39.1 Å². The second-order valence-electron chi connectivity index (χ2n) is 6.43. The number of carbonyl (C=O) groups is 1. The number of nitrogens with one attached hydrogen (secondary N) is 1. The van der Waals surface area contributed by atoms with Gasteiger partial charge in [-0.1, -0.05) is 13.8 Å². The molecule has 1 aromatic rings. The minimum absolute atomic E-state index is 0.297. The molecule has 7 nitrogen and oxygen atoms in total. The van der Waals surface area contributed by atoms with Crippen molar-refractivity contribution in [1.29, 1.82) is 5.26 Å². The minimum atomic E-state index is -4.88. The molecule has 1 saturated heterocycles. The molecule has 1 aliphatic heterocycles. The fourth-order valence-electron chi connectivity index (χ4n) is 2.95. The van der Waals surface area contributed by atoms with Gasteiger partial charge in [0.05, 0.1) is 32.3 Å². The summed E-state index contributed by atoms with van der Waals surface area (Å²) in [4.78, 5) is 24.2. The van der Waals surface area contributed by atoms with Crippen molar-refractivity contribution in [3.63, 3.8) is 0 Å². The van der Waals surface area contributed by atoms with Crippen LogP contribution in [0.25, 0.3) is 0 Å². The number of likely N-dealkylation sites (N-methyl/N-ethyl adjacent to an activating group) is 1. The average molecular weight is 446 g/mol. The number of halogens is 3. The number of amides is 1. The van der Waals surface area contributed by atoms with Crippen LogP contribution in [-0.4, -0.2) is 47.2 Å². The predicted octanol–water partition coefficient (Wildman–Crippen LogP) is 4.47. The number of nitro benzene ring substituents is 1. The van der Waals surface area contributed by atoms with E-state index in [2.05, 4.69) is 5.32 Å². The van der Waals surface area contributed by atoms with E-state index in [1.54, 1.807) is 0 Å². The zero-order valence-corrected chi connectivity index (χ0v) is 18.1. The lowest BCUT2D eigenvalue weighted by Crippen LogP contribution is -2.47. The number of hydrogen-bond acceptors (Lipinski definition) is 6. The molecule has 1 heterocycles. The van der Waals surface area contributed by atoms with Gasteiger partial charge < -0.3 is 10.2 Å². The number of carbonyl (C=O) groups excluding carboxylic acids is 1. The van der Waals surface area contributed by atoms with Crippen molar-refractivity contribution in [2.75, 3.05) is 20.1 Å². The van der Waals surface area contributed by atoms with Crippen LogP contribution in [0.1, 0.15) is 49.5 Å². The zero-order chi connectivity index (χ0) is 23.1. The predicted molar refractivity (Wildman–Crippen MR) is 108 cm³/mol. The SMILES string of the molecule is CC.CC(C#N)Sc1cc(C(F)(F)F)c(C(=O)N(C)[C@@H]2CCCNC2)cc1[N+](=O)[O-]. The lowest BCUT2D eigenvalue weighted by molar-refractivity contribution is -0.387. The monoisotopic (exact) mass is 446 g/mol. The molecule has 0 saturated carbocycles. The van der Waals surface area contributed by atoms with Crippen molar-refractivity contribution < 1.29 is 22.9 Å². The van der Waals surface area contributed by atoms with Gasteiger partial charge in [-0.15, -0.1) is 11.8 Å². The van der Waals surface area contributed by atoms with Crippen LogP contribution >= 0.6 is 11.8 Å². The van der Waals surface area contributed by atoms with Crippen LogP contribution in [0.4, 0.5) is 18.9 Å². The number of alkyl halides is 3. The Morgan fingerprint density at radius 1 is 1.43 bits per heavy atom. The highest BCUT2D eigenvalue weighted by Crippen LogP contribution is 2.41. The molecule has 0 spiro atoms. The Bertz CT molecular complexity index is 805. The van der Waals surface area contributed by atoms with Crippen molar-refractivity contribution in [1.82, 2.24) is 10.2 Å². The summed E-state index contributed by atoms with van der Waals surface area (Å²) in [7, 11) is 1.40. The van der Waals surface area contributed by atoms with Gasteiger partial charge in [0.25, 0.3) is 11.6 Å². The Balaban J connectivity index is 0.00000218. The number of hydrogen-bond donors (Lipinski definition) is 1. The summed E-state index contributed by atoms with van der Waals surface area (Å²) >= 11 is 0.648. The lowest BCUT2D eigenvalue weighted by atomic mass is 10.0. The molecule has 11 heteroatoms. The number of piperidine rings is 1. The van der Waals surface area contributed by atoms with Crippen molar-refractivity contribution in [2.45, 2.75) is 56.0 Å². The quantitative estimate of drug-likeness (QED) is 0.407. The van der Waals surface area contributed by atoms with E-state index >= 15 is 0 Å². The van der Waals surface area contributed by atoms with Gasteiger partial charge in [0.15, 0.2) is 0 Å². The maximum absolute atomic E-state index is 13.6. The Kier molecular flexibility index (Phi) is 9.58. The number of nitro groups is 1. The Labute approximate surface area is 177 Å². The fourth-order valence-corrected chi connectivity index (χ4v) is 3.83. The molecule has 0 aliphatic carbocycles. The Morgan fingerprint density at radius 3 is 2.53 bits per heavy atom. The van der Waals surface area contributed by atoms with Crippen LogP contribution in [0, 0.1) is 21.4 Å². The van der Waals surface area contributed by atoms with Crippen LogP contribution in [0.2, 0.25) is 0 Å². The Hall–Kier alpha value is -2.32. The summed E-state index contributed by atoms with van der Waals surface area (Å²) < 4.78 is 40.9. The van der Waals surface area contributed by atoms with Crippen molar-refractivity contribution in [3.8, 4) is 6.07 Å². The first-order valence-electron chi connectivity index (χ1n) is 9.50. The second-order valence-corrected chi connectivity index (χ2v) is 7.81. The standard InChI is InChI=1S/C17H19F3N4O3S.C2H6/c1-10(8-21)28-15-7-13(17(18,19)20)12(6-14(15)24(26)27)16(25)23(2)11-4-3-5-22-9-11;1-2/h6-7,10-11,22H,3-5,9H2,1-2H3;1-2H3/t10?,11-;/m1./s1. The first-order valence-corrected chi connectivity index (χ1v) is 10.4. The third-order valence-corrected chi connectivity index (χ3v) is 5.50. The Morgan fingerprint density at radius 2 is 2.07 bits per heavy atom. The van der Waals surface area contributed by atoms with Crippen LogP contribution in [-0.2, 0) is 6.18 Å². The van der Waals surface area contributed by atoms with E-state index in [-0.39, 0.29) is 10.9 Å². The average Bonchev–Trinajstić information content (AvgIpc) is 2.73. The van der Waals surface area contributed by atoms with Gasteiger partial charge in [-0.05, 0) is 32.4 Å². The summed E-state index contributed by atoms with van der Waals surface area (Å²) in [6, 6.07) is 2.78. The highest BCUT2D eigenvalue weighted by molar-refractivity contribution is 8.00. The molecule has 166 valence electrons. The van der Waals surface area contributed by atoms with Crippen molar-refractivity contribution in [3.05, 3.63) is 33.4 Å². The summed E-state index contributed by atoms with van der Waals surface area (Å²) in [5, 5.41) is 22.6. The van der Waals surface area contributed by atoms with E-state index in [4.69, 9.17) is 5.26 Å². The van der Waals surface area contributed by atoms with E-state index in [9.17, 15) is 28.1 Å². The molecule has 2 atom stereocenters. The molecular weight excluding hydrogens is 421 g/mol. The van der Waals surface area contributed by atoms with Gasteiger partial charge in [0, 0.05) is 25.7 Å². The van der Waals surface area contributed by atoms with Crippen molar-refractivity contribution in [2.24, 2.45) is 0 Å². The molecular formula is C19H25F3N4O3S. The van der Waals surface area contributed by atoms with Gasteiger partial charge in [-0.3, -0.25) is 14.9 Å². The van der Waals surface area contributed by atoms with Crippen molar-refractivity contribution >= 4 is 23.4 Å². The van der Waals surface area contributed by atoms with Crippen LogP contribution < -0.4 is 5.32 Å². The second kappa shape index (κ2) is 11.2. The fraction of sp³-hybridized carbons (Fsp3) is 0.579. The van der Waals surface area contributed by atoms with Gasteiger partial charge in [0.1, 0.15) is 0 Å². The number of benzene rings is 1. The van der Waals surface area contributed by atoms with Gasteiger partial charge in [-0.25, -0.2) is 0 Å². The minimum Gasteiger partial charge on any atom is -0.337 e. The van der Waals surface area contributed by atoms with E-state index in [0.29, 0.717) is 36.9 Å². The topological polar surface area (TPSA) is 99.3 Å². The number of nitriles is 1. The largest absolute Gasteiger partial charge is 0.417 e. The van der Waals surface area contributed by atoms with Gasteiger partial charge in [-0.2, -0.15) is 18.4 Å². The maximum Gasteiger partial charge on any atom is 0.417 e. The highest BCUT2D eigenvalue weighted by atomic mass is 32.2. The summed E-state index contributed by atoms with van der Waals surface area (Å²) in [5.41, 5.74) is -2.63. The molecule has 1 aromatic carbocycles. The van der Waals surface area contributed by atoms with Crippen LogP contribution in [0.15, 0.2) is 17.0 Å². The third kappa shape index (κ3) is 6.34. The van der Waals surface area contributed by atoms with Gasteiger partial charge >= 0.3 is 6.18 Å². The number of rotatable bonds is 5. The van der Waals surface area contributed by atoms with E-state index in [1.807, 2.05) is 19.9 Å². The first-order chi connectivity index (χ1) is 14.1. The molecule has 0 radical (unpaired) electrons. The highest BCUT2D eigenvalue weighted by Gasteiger charge is 2.39.